The van der Waals surface area contributed by atoms with E-state index >= 15 is 0 Å². The van der Waals surface area contributed by atoms with Gasteiger partial charge in [0.25, 0.3) is 0 Å². The van der Waals surface area contributed by atoms with Crippen molar-refractivity contribution in [3.8, 4) is 0 Å². The van der Waals surface area contributed by atoms with Crippen molar-refractivity contribution in [3.05, 3.63) is 28.2 Å². The standard InChI is InChI=1S/C11H10BrF6N/c12-9-3-2-7(6-8(9)11(16,17)18)19-5-1-4-10(13,14)15/h2-3,6,19H,1,4-5H2. The molecule has 0 heterocycles. The van der Waals surface area contributed by atoms with Crippen LogP contribution in [0.15, 0.2) is 22.7 Å². The minimum Gasteiger partial charge on any atom is -0.385 e. The van der Waals surface area contributed by atoms with E-state index in [-0.39, 0.29) is 23.1 Å². The molecular weight excluding hydrogens is 340 g/mol. The highest BCUT2D eigenvalue weighted by Gasteiger charge is 2.33. The van der Waals surface area contributed by atoms with Crippen molar-refractivity contribution >= 4 is 21.6 Å². The summed E-state index contributed by atoms with van der Waals surface area (Å²) in [6.45, 7) is -0.0432. The Hall–Kier alpha value is -0.920. The topological polar surface area (TPSA) is 12.0 Å². The fourth-order valence-electron chi connectivity index (χ4n) is 1.37. The summed E-state index contributed by atoms with van der Waals surface area (Å²) in [4.78, 5) is 0. The fourth-order valence-corrected chi connectivity index (χ4v) is 1.85. The molecule has 0 amide bonds. The molecule has 0 saturated carbocycles. The van der Waals surface area contributed by atoms with Crippen LogP contribution in [0.2, 0.25) is 0 Å². The molecule has 0 aromatic heterocycles. The minimum absolute atomic E-state index is 0.0432. The minimum atomic E-state index is -4.51. The molecule has 1 aromatic rings. The molecule has 19 heavy (non-hydrogen) atoms. The second kappa shape index (κ2) is 6.02. The third kappa shape index (κ3) is 5.71. The zero-order valence-electron chi connectivity index (χ0n) is 9.50. The largest absolute Gasteiger partial charge is 0.417 e. The third-order valence-corrected chi connectivity index (χ3v) is 2.93. The number of benzene rings is 1. The van der Waals surface area contributed by atoms with E-state index in [0.717, 1.165) is 6.07 Å². The molecule has 8 heteroatoms. The van der Waals surface area contributed by atoms with Crippen LogP contribution in [0.1, 0.15) is 18.4 Å². The van der Waals surface area contributed by atoms with Crippen LogP contribution in [0.25, 0.3) is 0 Å². The predicted molar refractivity (Wildman–Crippen MR) is 62.9 cm³/mol. The maximum absolute atomic E-state index is 12.6. The maximum atomic E-state index is 12.6. The summed E-state index contributed by atoms with van der Waals surface area (Å²) in [6, 6.07) is 3.43. The number of halogens is 7. The number of hydrogen-bond donors (Lipinski definition) is 1. The Morgan fingerprint density at radius 3 is 2.21 bits per heavy atom. The Balaban J connectivity index is 2.61. The summed E-state index contributed by atoms with van der Waals surface area (Å²) in [5.74, 6) is 0. The first kappa shape index (κ1) is 16.1. The molecule has 0 aliphatic heterocycles. The summed E-state index contributed by atoms with van der Waals surface area (Å²) in [5, 5.41) is 2.54. The second-order valence-electron chi connectivity index (χ2n) is 3.84. The molecule has 1 N–H and O–H groups in total. The molecule has 0 fully saturated rings. The summed E-state index contributed by atoms with van der Waals surface area (Å²) in [7, 11) is 0. The van der Waals surface area contributed by atoms with Crippen LogP contribution in [0.5, 0.6) is 0 Å². The van der Waals surface area contributed by atoms with Crippen molar-refractivity contribution in [1.29, 1.82) is 0 Å². The van der Waals surface area contributed by atoms with Gasteiger partial charge in [-0.05, 0) is 24.6 Å². The van der Waals surface area contributed by atoms with Crippen LogP contribution in [0, 0.1) is 0 Å². The van der Waals surface area contributed by atoms with Gasteiger partial charge in [-0.1, -0.05) is 15.9 Å². The van der Waals surface area contributed by atoms with Crippen molar-refractivity contribution in [1.82, 2.24) is 0 Å². The van der Waals surface area contributed by atoms with Crippen LogP contribution >= 0.6 is 15.9 Å². The van der Waals surface area contributed by atoms with Crippen LogP contribution in [0.4, 0.5) is 32.0 Å². The van der Waals surface area contributed by atoms with E-state index in [4.69, 9.17) is 0 Å². The van der Waals surface area contributed by atoms with Crippen LogP contribution in [-0.2, 0) is 6.18 Å². The molecule has 0 bridgehead atoms. The van der Waals surface area contributed by atoms with E-state index in [1.54, 1.807) is 0 Å². The normalized spacial score (nSPS) is 12.6. The number of anilines is 1. The average Bonchev–Trinajstić information content (AvgIpc) is 2.23. The molecule has 0 saturated heterocycles. The lowest BCUT2D eigenvalue weighted by Crippen LogP contribution is -2.12. The second-order valence-corrected chi connectivity index (χ2v) is 4.69. The van der Waals surface area contributed by atoms with Gasteiger partial charge in [0, 0.05) is 23.1 Å². The summed E-state index contributed by atoms with van der Waals surface area (Å²) < 4.78 is 73.2. The van der Waals surface area contributed by atoms with E-state index in [1.807, 2.05) is 0 Å². The molecule has 108 valence electrons. The van der Waals surface area contributed by atoms with E-state index in [1.165, 1.54) is 12.1 Å². The highest BCUT2D eigenvalue weighted by molar-refractivity contribution is 9.10. The van der Waals surface area contributed by atoms with Gasteiger partial charge in [0.1, 0.15) is 0 Å². The van der Waals surface area contributed by atoms with E-state index in [9.17, 15) is 26.3 Å². The molecule has 0 aliphatic rings. The lowest BCUT2D eigenvalue weighted by atomic mass is 10.2. The average molecular weight is 350 g/mol. The number of nitrogens with one attached hydrogen (secondary N) is 1. The summed E-state index contributed by atoms with van der Waals surface area (Å²) in [6.07, 6.45) is -9.93. The number of alkyl halides is 6. The van der Waals surface area contributed by atoms with E-state index in [2.05, 4.69) is 21.2 Å². The van der Waals surface area contributed by atoms with Crippen molar-refractivity contribution in [3.63, 3.8) is 0 Å². The molecule has 0 aliphatic carbocycles. The van der Waals surface area contributed by atoms with Crippen molar-refractivity contribution < 1.29 is 26.3 Å². The number of hydrogen-bond acceptors (Lipinski definition) is 1. The Labute approximate surface area is 114 Å². The first-order valence-electron chi connectivity index (χ1n) is 5.27. The van der Waals surface area contributed by atoms with Crippen LogP contribution < -0.4 is 5.32 Å². The third-order valence-electron chi connectivity index (χ3n) is 2.24. The van der Waals surface area contributed by atoms with Gasteiger partial charge in [0.05, 0.1) is 5.56 Å². The highest BCUT2D eigenvalue weighted by atomic mass is 79.9. The van der Waals surface area contributed by atoms with Crippen molar-refractivity contribution in [2.45, 2.75) is 25.2 Å². The zero-order chi connectivity index (χ0) is 14.7. The molecular formula is C11H10BrF6N. The van der Waals surface area contributed by atoms with E-state index < -0.39 is 24.3 Å². The van der Waals surface area contributed by atoms with Gasteiger partial charge in [-0.2, -0.15) is 26.3 Å². The quantitative estimate of drug-likeness (QED) is 0.580. The SMILES string of the molecule is FC(F)(F)CCCNc1ccc(Br)c(C(F)(F)F)c1. The molecule has 1 nitrogen and oxygen atoms in total. The Bertz CT molecular complexity index is 426. The van der Waals surface area contributed by atoms with Gasteiger partial charge in [-0.3, -0.25) is 0 Å². The Kier molecular flexibility index (Phi) is 5.11. The fraction of sp³-hybridized carbons (Fsp3) is 0.455. The van der Waals surface area contributed by atoms with Crippen molar-refractivity contribution in [2.24, 2.45) is 0 Å². The molecule has 0 unspecified atom stereocenters. The van der Waals surface area contributed by atoms with Gasteiger partial charge in [0.2, 0.25) is 0 Å². The van der Waals surface area contributed by atoms with Crippen molar-refractivity contribution in [2.75, 3.05) is 11.9 Å². The monoisotopic (exact) mass is 349 g/mol. The summed E-state index contributed by atoms with van der Waals surface area (Å²) >= 11 is 2.78. The van der Waals surface area contributed by atoms with Gasteiger partial charge >= 0.3 is 12.4 Å². The Morgan fingerprint density at radius 1 is 1.05 bits per heavy atom. The zero-order valence-corrected chi connectivity index (χ0v) is 11.1. The first-order valence-corrected chi connectivity index (χ1v) is 6.06. The molecule has 0 radical (unpaired) electrons. The molecule has 0 atom stereocenters. The van der Waals surface area contributed by atoms with E-state index in [0.29, 0.717) is 0 Å². The molecule has 1 rings (SSSR count). The first-order chi connectivity index (χ1) is 8.59. The lowest BCUT2D eigenvalue weighted by molar-refractivity contribution is -0.138. The maximum Gasteiger partial charge on any atom is 0.417 e. The smallest absolute Gasteiger partial charge is 0.385 e. The molecule has 1 aromatic carbocycles. The highest BCUT2D eigenvalue weighted by Crippen LogP contribution is 2.36. The Morgan fingerprint density at radius 2 is 1.68 bits per heavy atom. The van der Waals surface area contributed by atoms with Gasteiger partial charge < -0.3 is 5.32 Å². The predicted octanol–water partition coefficient (Wildman–Crippen LogP) is 5.22. The van der Waals surface area contributed by atoms with Gasteiger partial charge in [-0.25, -0.2) is 0 Å². The van der Waals surface area contributed by atoms with Crippen LogP contribution in [-0.4, -0.2) is 12.7 Å². The molecule has 0 spiro atoms. The van der Waals surface area contributed by atoms with Gasteiger partial charge in [-0.15, -0.1) is 0 Å². The van der Waals surface area contributed by atoms with Crippen LogP contribution in [0.3, 0.4) is 0 Å². The van der Waals surface area contributed by atoms with Gasteiger partial charge in [0.15, 0.2) is 0 Å². The lowest BCUT2D eigenvalue weighted by Gasteiger charge is -2.13. The summed E-state index contributed by atoms with van der Waals surface area (Å²) in [5.41, 5.74) is -0.731. The number of rotatable bonds is 4.